The number of hydrogen-bond acceptors (Lipinski definition) is 3. The fourth-order valence-corrected chi connectivity index (χ4v) is 4.04. The standard InChI is InChI=1S/C22H30F2N4O3/c1-15(2)19(25-20(29)18-16(23)7-6-8-17(18)24)21(30)26-11-13-28(14-12-26)22(31)27-9-4-3-5-10-27/h6-8,15,19H,3-5,9-14H2,1-2H3,(H,25,29)/t19-/m1/s1. The molecule has 0 unspecified atom stereocenters. The molecule has 0 saturated carbocycles. The molecule has 0 aromatic heterocycles. The lowest BCUT2D eigenvalue weighted by Gasteiger charge is -2.40. The van der Waals surface area contributed by atoms with E-state index in [1.807, 2.05) is 4.90 Å². The molecule has 9 heteroatoms. The zero-order valence-electron chi connectivity index (χ0n) is 18.1. The fraction of sp³-hybridized carbons (Fsp3) is 0.591. The lowest BCUT2D eigenvalue weighted by molar-refractivity contribution is -0.135. The van der Waals surface area contributed by atoms with E-state index in [9.17, 15) is 23.2 Å². The van der Waals surface area contributed by atoms with Crippen LogP contribution >= 0.6 is 0 Å². The molecule has 170 valence electrons. The molecular formula is C22H30F2N4O3. The molecule has 3 rings (SSSR count). The monoisotopic (exact) mass is 436 g/mol. The summed E-state index contributed by atoms with van der Waals surface area (Å²) >= 11 is 0. The number of likely N-dealkylation sites (tertiary alicyclic amines) is 1. The zero-order chi connectivity index (χ0) is 22.5. The summed E-state index contributed by atoms with van der Waals surface area (Å²) < 4.78 is 27.9. The van der Waals surface area contributed by atoms with E-state index in [1.165, 1.54) is 6.07 Å². The number of urea groups is 1. The third-order valence-electron chi connectivity index (χ3n) is 5.90. The molecule has 0 aliphatic carbocycles. The smallest absolute Gasteiger partial charge is 0.320 e. The number of carbonyl (C=O) groups excluding carboxylic acids is 3. The molecule has 1 atom stereocenters. The summed E-state index contributed by atoms with van der Waals surface area (Å²) in [6, 6.07) is 2.27. The minimum Gasteiger partial charge on any atom is -0.340 e. The quantitative estimate of drug-likeness (QED) is 0.788. The molecule has 7 nitrogen and oxygen atoms in total. The summed E-state index contributed by atoms with van der Waals surface area (Å²) in [5, 5.41) is 2.50. The van der Waals surface area contributed by atoms with Gasteiger partial charge in [-0.3, -0.25) is 9.59 Å². The summed E-state index contributed by atoms with van der Waals surface area (Å²) in [5.41, 5.74) is -0.696. The van der Waals surface area contributed by atoms with Crippen LogP contribution in [0.15, 0.2) is 18.2 Å². The van der Waals surface area contributed by atoms with E-state index in [2.05, 4.69) is 5.32 Å². The van der Waals surface area contributed by atoms with E-state index in [4.69, 9.17) is 0 Å². The Morgan fingerprint density at radius 3 is 1.90 bits per heavy atom. The van der Waals surface area contributed by atoms with Crippen molar-refractivity contribution in [1.82, 2.24) is 20.0 Å². The predicted octanol–water partition coefficient (Wildman–Crippen LogP) is 2.47. The van der Waals surface area contributed by atoms with Crippen molar-refractivity contribution in [2.24, 2.45) is 5.92 Å². The van der Waals surface area contributed by atoms with Crippen molar-refractivity contribution in [3.8, 4) is 0 Å². The van der Waals surface area contributed by atoms with Crippen LogP contribution < -0.4 is 5.32 Å². The molecule has 0 bridgehead atoms. The van der Waals surface area contributed by atoms with Gasteiger partial charge in [-0.05, 0) is 37.3 Å². The van der Waals surface area contributed by atoms with Gasteiger partial charge >= 0.3 is 6.03 Å². The maximum atomic E-state index is 13.9. The van der Waals surface area contributed by atoms with E-state index in [0.29, 0.717) is 26.2 Å². The molecule has 0 radical (unpaired) electrons. The number of amides is 4. The highest BCUT2D eigenvalue weighted by Crippen LogP contribution is 2.16. The molecule has 2 aliphatic heterocycles. The Balaban J connectivity index is 1.61. The number of carbonyl (C=O) groups is 3. The van der Waals surface area contributed by atoms with Crippen LogP contribution in [0.3, 0.4) is 0 Å². The van der Waals surface area contributed by atoms with Crippen molar-refractivity contribution in [3.05, 3.63) is 35.4 Å². The van der Waals surface area contributed by atoms with Crippen molar-refractivity contribution >= 4 is 17.8 Å². The van der Waals surface area contributed by atoms with Crippen LogP contribution in [0.1, 0.15) is 43.5 Å². The van der Waals surface area contributed by atoms with Crippen LogP contribution in [0.25, 0.3) is 0 Å². The maximum Gasteiger partial charge on any atom is 0.320 e. The Bertz CT molecular complexity index is 799. The Morgan fingerprint density at radius 1 is 0.839 bits per heavy atom. The Kier molecular flexibility index (Phi) is 7.46. The van der Waals surface area contributed by atoms with E-state index in [-0.39, 0.29) is 17.9 Å². The number of hydrogen-bond donors (Lipinski definition) is 1. The first-order chi connectivity index (χ1) is 14.8. The number of nitrogens with zero attached hydrogens (tertiary/aromatic N) is 3. The van der Waals surface area contributed by atoms with Gasteiger partial charge in [0.15, 0.2) is 0 Å². The van der Waals surface area contributed by atoms with Gasteiger partial charge in [0.2, 0.25) is 5.91 Å². The van der Waals surface area contributed by atoms with Crippen LogP contribution in [0.5, 0.6) is 0 Å². The average Bonchev–Trinajstić information content (AvgIpc) is 2.77. The molecule has 31 heavy (non-hydrogen) atoms. The second-order valence-corrected chi connectivity index (χ2v) is 8.43. The van der Waals surface area contributed by atoms with Crippen LogP contribution in [-0.4, -0.2) is 77.9 Å². The highest BCUT2D eigenvalue weighted by molar-refractivity contribution is 5.98. The van der Waals surface area contributed by atoms with Gasteiger partial charge in [-0.2, -0.15) is 0 Å². The lowest BCUT2D eigenvalue weighted by atomic mass is 10.0. The van der Waals surface area contributed by atoms with E-state index in [1.54, 1.807) is 23.6 Å². The topological polar surface area (TPSA) is 73.0 Å². The number of halogens is 2. The highest BCUT2D eigenvalue weighted by atomic mass is 19.1. The molecule has 2 aliphatic rings. The summed E-state index contributed by atoms with van der Waals surface area (Å²) in [6.07, 6.45) is 3.18. The minimum absolute atomic E-state index is 0.00976. The van der Waals surface area contributed by atoms with E-state index in [0.717, 1.165) is 44.5 Å². The van der Waals surface area contributed by atoms with Gasteiger partial charge in [0.1, 0.15) is 23.2 Å². The highest BCUT2D eigenvalue weighted by Gasteiger charge is 2.33. The van der Waals surface area contributed by atoms with Crippen molar-refractivity contribution < 1.29 is 23.2 Å². The summed E-state index contributed by atoms with van der Waals surface area (Å²) in [4.78, 5) is 43.4. The molecule has 1 aromatic rings. The predicted molar refractivity (Wildman–Crippen MR) is 111 cm³/mol. The van der Waals surface area contributed by atoms with Gasteiger partial charge in [-0.15, -0.1) is 0 Å². The van der Waals surface area contributed by atoms with Gasteiger partial charge in [-0.1, -0.05) is 19.9 Å². The normalized spacial score (nSPS) is 18.2. The van der Waals surface area contributed by atoms with Gasteiger partial charge in [0, 0.05) is 39.3 Å². The van der Waals surface area contributed by atoms with Crippen molar-refractivity contribution in [3.63, 3.8) is 0 Å². The zero-order valence-corrected chi connectivity index (χ0v) is 18.1. The van der Waals surface area contributed by atoms with Crippen LogP contribution in [0.2, 0.25) is 0 Å². The molecular weight excluding hydrogens is 406 g/mol. The lowest BCUT2D eigenvalue weighted by Crippen LogP contribution is -2.58. The van der Waals surface area contributed by atoms with Crippen LogP contribution in [-0.2, 0) is 4.79 Å². The summed E-state index contributed by atoms with van der Waals surface area (Å²) in [5.74, 6) is -3.50. The number of rotatable bonds is 4. The van der Waals surface area contributed by atoms with E-state index < -0.39 is 29.1 Å². The third-order valence-corrected chi connectivity index (χ3v) is 5.90. The van der Waals surface area contributed by atoms with Crippen molar-refractivity contribution in [1.29, 1.82) is 0 Å². The van der Waals surface area contributed by atoms with Gasteiger partial charge in [0.25, 0.3) is 5.91 Å². The Labute approximate surface area is 181 Å². The van der Waals surface area contributed by atoms with Gasteiger partial charge in [-0.25, -0.2) is 13.6 Å². The Morgan fingerprint density at radius 2 is 1.35 bits per heavy atom. The molecule has 2 fully saturated rings. The first-order valence-corrected chi connectivity index (χ1v) is 10.9. The molecule has 2 heterocycles. The third kappa shape index (κ3) is 5.32. The molecule has 4 amide bonds. The maximum absolute atomic E-state index is 13.9. The second-order valence-electron chi connectivity index (χ2n) is 8.43. The molecule has 0 spiro atoms. The van der Waals surface area contributed by atoms with Crippen LogP contribution in [0.4, 0.5) is 13.6 Å². The average molecular weight is 437 g/mol. The van der Waals surface area contributed by atoms with Crippen LogP contribution in [0, 0.1) is 17.6 Å². The molecule has 1 aromatic carbocycles. The van der Waals surface area contributed by atoms with Crippen molar-refractivity contribution in [2.45, 2.75) is 39.2 Å². The minimum atomic E-state index is -0.975. The van der Waals surface area contributed by atoms with Crippen molar-refractivity contribution in [2.75, 3.05) is 39.3 Å². The summed E-state index contributed by atoms with van der Waals surface area (Å²) in [6.45, 7) is 6.60. The number of nitrogens with one attached hydrogen (secondary N) is 1. The Hall–Kier alpha value is -2.71. The number of benzene rings is 1. The first kappa shape index (κ1) is 23.0. The largest absolute Gasteiger partial charge is 0.340 e. The number of piperazine rings is 1. The van der Waals surface area contributed by atoms with E-state index >= 15 is 0 Å². The summed E-state index contributed by atoms with van der Waals surface area (Å²) in [7, 11) is 0. The first-order valence-electron chi connectivity index (χ1n) is 10.9. The van der Waals surface area contributed by atoms with Gasteiger partial charge < -0.3 is 20.0 Å². The fourth-order valence-electron chi connectivity index (χ4n) is 4.04. The number of piperidine rings is 1. The SMILES string of the molecule is CC(C)[C@@H](NC(=O)c1c(F)cccc1F)C(=O)N1CCN(C(=O)N2CCCCC2)CC1. The van der Waals surface area contributed by atoms with Gasteiger partial charge in [0.05, 0.1) is 0 Å². The second kappa shape index (κ2) is 10.1. The molecule has 2 saturated heterocycles. The molecule has 1 N–H and O–H groups in total.